The molecule has 0 radical (unpaired) electrons. The van der Waals surface area contributed by atoms with Gasteiger partial charge >= 0.3 is 0 Å². The van der Waals surface area contributed by atoms with Gasteiger partial charge in [0.15, 0.2) is 0 Å². The predicted molar refractivity (Wildman–Crippen MR) is 87.7 cm³/mol. The van der Waals surface area contributed by atoms with Crippen molar-refractivity contribution in [3.05, 3.63) is 35.4 Å². The number of benzene rings is 1. The summed E-state index contributed by atoms with van der Waals surface area (Å²) >= 11 is 0. The molecule has 0 aromatic heterocycles. The van der Waals surface area contributed by atoms with Crippen molar-refractivity contribution in [3.63, 3.8) is 0 Å². The smallest absolute Gasteiger partial charge is 0.0801 e. The summed E-state index contributed by atoms with van der Waals surface area (Å²) in [6.07, 6.45) is 9.17. The van der Waals surface area contributed by atoms with E-state index in [0.717, 1.165) is 24.3 Å². The Morgan fingerprint density at radius 1 is 1.05 bits per heavy atom. The third kappa shape index (κ3) is 1.86. The average Bonchev–Trinajstić information content (AvgIpc) is 3.24. The van der Waals surface area contributed by atoms with Gasteiger partial charge in [-0.1, -0.05) is 30.7 Å². The number of hydrogen-bond acceptors (Lipinski definition) is 2. The van der Waals surface area contributed by atoms with Gasteiger partial charge in [0.25, 0.3) is 0 Å². The molecule has 4 aliphatic rings. The molecule has 1 saturated heterocycles. The molecule has 1 aliphatic heterocycles. The summed E-state index contributed by atoms with van der Waals surface area (Å²) in [4.78, 5) is 2.81. The molecule has 0 amide bonds. The lowest BCUT2D eigenvalue weighted by molar-refractivity contribution is 0.0670. The maximum Gasteiger partial charge on any atom is 0.0801 e. The van der Waals surface area contributed by atoms with E-state index in [1.807, 2.05) is 0 Å². The number of aliphatic hydroxyl groups excluding tert-OH is 1. The lowest BCUT2D eigenvalue weighted by Gasteiger charge is -2.44. The van der Waals surface area contributed by atoms with E-state index in [4.69, 9.17) is 0 Å². The maximum absolute atomic E-state index is 10.4. The standard InChI is InChI=1S/C20H27NO/c22-19-13-20(17-4-2-1-3-16(17)19)7-9-21(10-8-20)18-12-14-5-6-15(18)11-14/h1-4,14-15,18-19,22H,5-13H2/t14-,15+,18+,19?/m0/s1. The first kappa shape index (κ1) is 13.6. The first-order chi connectivity index (χ1) is 10.8. The minimum atomic E-state index is -0.231. The van der Waals surface area contributed by atoms with E-state index in [-0.39, 0.29) is 11.5 Å². The molecule has 2 heteroatoms. The van der Waals surface area contributed by atoms with Crippen LogP contribution in [-0.2, 0) is 5.41 Å². The Labute approximate surface area is 133 Å². The van der Waals surface area contributed by atoms with Gasteiger partial charge in [-0.15, -0.1) is 0 Å². The van der Waals surface area contributed by atoms with E-state index < -0.39 is 0 Å². The van der Waals surface area contributed by atoms with E-state index in [2.05, 4.69) is 29.2 Å². The highest BCUT2D eigenvalue weighted by Gasteiger charge is 2.48. The normalized spacial score (nSPS) is 39.5. The molecule has 1 aromatic rings. The van der Waals surface area contributed by atoms with Crippen LogP contribution in [0, 0.1) is 11.8 Å². The Balaban J connectivity index is 1.35. The summed E-state index contributed by atoms with van der Waals surface area (Å²) in [5.74, 6) is 2.04. The monoisotopic (exact) mass is 297 g/mol. The van der Waals surface area contributed by atoms with Crippen molar-refractivity contribution in [2.24, 2.45) is 11.8 Å². The fraction of sp³-hybridized carbons (Fsp3) is 0.700. The van der Waals surface area contributed by atoms with Crippen molar-refractivity contribution in [1.82, 2.24) is 4.90 Å². The summed E-state index contributed by atoms with van der Waals surface area (Å²) in [6.45, 7) is 2.49. The average molecular weight is 297 g/mol. The highest BCUT2D eigenvalue weighted by atomic mass is 16.3. The maximum atomic E-state index is 10.4. The number of piperidine rings is 1. The Hall–Kier alpha value is -0.860. The van der Waals surface area contributed by atoms with Crippen LogP contribution < -0.4 is 0 Å². The van der Waals surface area contributed by atoms with E-state index in [9.17, 15) is 5.11 Å². The van der Waals surface area contributed by atoms with Gasteiger partial charge in [0.05, 0.1) is 6.10 Å². The molecule has 118 valence electrons. The van der Waals surface area contributed by atoms with Gasteiger partial charge in [0.1, 0.15) is 0 Å². The van der Waals surface area contributed by atoms with Crippen LogP contribution in [0.15, 0.2) is 24.3 Å². The molecule has 4 atom stereocenters. The van der Waals surface area contributed by atoms with E-state index in [0.29, 0.717) is 0 Å². The summed E-state index contributed by atoms with van der Waals surface area (Å²) in [7, 11) is 0. The first-order valence-corrected chi connectivity index (χ1v) is 9.27. The summed E-state index contributed by atoms with van der Waals surface area (Å²) < 4.78 is 0. The van der Waals surface area contributed by atoms with Crippen LogP contribution in [0.5, 0.6) is 0 Å². The number of aliphatic hydroxyl groups is 1. The Morgan fingerprint density at radius 2 is 1.86 bits per heavy atom. The first-order valence-electron chi connectivity index (χ1n) is 9.27. The zero-order valence-electron chi connectivity index (χ0n) is 13.4. The molecule has 2 nitrogen and oxygen atoms in total. The number of nitrogens with zero attached hydrogens (tertiary/aromatic N) is 1. The predicted octanol–water partition coefficient (Wildman–Crippen LogP) is 3.65. The molecule has 5 rings (SSSR count). The van der Waals surface area contributed by atoms with Crippen molar-refractivity contribution in [2.75, 3.05) is 13.1 Å². The second-order valence-corrected chi connectivity index (χ2v) is 8.37. The lowest BCUT2D eigenvalue weighted by Crippen LogP contribution is -2.48. The van der Waals surface area contributed by atoms with E-state index >= 15 is 0 Å². The van der Waals surface area contributed by atoms with Crippen LogP contribution in [-0.4, -0.2) is 29.1 Å². The van der Waals surface area contributed by atoms with E-state index in [1.54, 1.807) is 0 Å². The number of hydrogen-bond donors (Lipinski definition) is 1. The summed E-state index contributed by atoms with van der Waals surface area (Å²) in [5, 5.41) is 10.4. The molecule has 1 unspecified atom stereocenters. The third-order valence-electron chi connectivity index (χ3n) is 7.40. The fourth-order valence-corrected chi connectivity index (χ4v) is 6.28. The zero-order valence-corrected chi connectivity index (χ0v) is 13.4. The molecule has 1 heterocycles. The minimum Gasteiger partial charge on any atom is -0.388 e. The number of likely N-dealkylation sites (tertiary alicyclic amines) is 1. The lowest BCUT2D eigenvalue weighted by atomic mass is 9.73. The summed E-state index contributed by atoms with van der Waals surface area (Å²) in [6, 6.07) is 9.53. The van der Waals surface area contributed by atoms with Crippen LogP contribution in [0.2, 0.25) is 0 Å². The molecular weight excluding hydrogens is 270 g/mol. The van der Waals surface area contributed by atoms with Crippen LogP contribution in [0.3, 0.4) is 0 Å². The fourth-order valence-electron chi connectivity index (χ4n) is 6.28. The zero-order chi connectivity index (χ0) is 14.7. The van der Waals surface area contributed by atoms with Crippen molar-refractivity contribution >= 4 is 0 Å². The second kappa shape index (κ2) is 4.82. The van der Waals surface area contributed by atoms with Crippen molar-refractivity contribution < 1.29 is 5.11 Å². The van der Waals surface area contributed by atoms with Gasteiger partial charge < -0.3 is 10.0 Å². The molecule has 3 aliphatic carbocycles. The molecule has 2 bridgehead atoms. The van der Waals surface area contributed by atoms with Crippen LogP contribution in [0.25, 0.3) is 0 Å². The van der Waals surface area contributed by atoms with Gasteiger partial charge in [-0.3, -0.25) is 0 Å². The Morgan fingerprint density at radius 3 is 2.59 bits per heavy atom. The largest absolute Gasteiger partial charge is 0.388 e. The topological polar surface area (TPSA) is 23.5 Å². The molecule has 2 saturated carbocycles. The molecule has 22 heavy (non-hydrogen) atoms. The molecule has 3 fully saturated rings. The van der Waals surface area contributed by atoms with Crippen molar-refractivity contribution in [3.8, 4) is 0 Å². The SMILES string of the molecule is OC1CC2(CCN([C@@H]3C[C@H]4CC[C@@H]3C4)CC2)c2ccccc21. The number of rotatable bonds is 1. The third-order valence-corrected chi connectivity index (χ3v) is 7.40. The van der Waals surface area contributed by atoms with Gasteiger partial charge in [0, 0.05) is 11.5 Å². The van der Waals surface area contributed by atoms with Gasteiger partial charge in [0.2, 0.25) is 0 Å². The Kier molecular flexibility index (Phi) is 2.97. The quantitative estimate of drug-likeness (QED) is 0.855. The second-order valence-electron chi connectivity index (χ2n) is 8.37. The van der Waals surface area contributed by atoms with Crippen LogP contribution >= 0.6 is 0 Å². The summed E-state index contributed by atoms with van der Waals surface area (Å²) in [5.41, 5.74) is 2.93. The minimum absolute atomic E-state index is 0.231. The molecule has 1 N–H and O–H groups in total. The molecule has 1 aromatic carbocycles. The molecule has 1 spiro atoms. The van der Waals surface area contributed by atoms with Gasteiger partial charge in [-0.05, 0) is 74.6 Å². The highest BCUT2D eigenvalue weighted by molar-refractivity contribution is 5.41. The van der Waals surface area contributed by atoms with E-state index in [1.165, 1.54) is 62.7 Å². The van der Waals surface area contributed by atoms with Crippen LogP contribution in [0.4, 0.5) is 0 Å². The highest BCUT2D eigenvalue weighted by Crippen LogP contribution is 2.52. The van der Waals surface area contributed by atoms with Crippen LogP contribution in [0.1, 0.15) is 62.2 Å². The van der Waals surface area contributed by atoms with Crippen molar-refractivity contribution in [1.29, 1.82) is 0 Å². The Bertz CT molecular complexity index is 575. The van der Waals surface area contributed by atoms with Crippen molar-refractivity contribution in [2.45, 2.75) is 62.5 Å². The molecular formula is C20H27NO. The number of fused-ring (bicyclic) bond motifs is 4. The van der Waals surface area contributed by atoms with Gasteiger partial charge in [-0.25, -0.2) is 0 Å². The van der Waals surface area contributed by atoms with Gasteiger partial charge in [-0.2, -0.15) is 0 Å².